The fourth-order valence-corrected chi connectivity index (χ4v) is 1.95. The minimum Gasteiger partial charge on any atom is -0.355 e. The van der Waals surface area contributed by atoms with Crippen molar-refractivity contribution < 1.29 is 14.4 Å². The Kier molecular flexibility index (Phi) is 12.0. The van der Waals surface area contributed by atoms with Crippen LogP contribution in [0.4, 0.5) is 0 Å². The molecule has 0 radical (unpaired) electrons. The lowest BCUT2D eigenvalue weighted by Crippen LogP contribution is -2.43. The molecule has 0 bridgehead atoms. The Labute approximate surface area is 132 Å². The molecule has 0 aliphatic carbocycles. The van der Waals surface area contributed by atoms with Crippen molar-refractivity contribution in [2.75, 3.05) is 25.9 Å². The molecule has 0 aromatic heterocycles. The molecule has 0 aliphatic rings. The van der Waals surface area contributed by atoms with E-state index in [4.69, 9.17) is 0 Å². The van der Waals surface area contributed by atoms with E-state index in [-0.39, 0.29) is 24.0 Å². The fraction of sp³-hybridized carbons (Fsp3) is 0.786. The zero-order valence-corrected chi connectivity index (χ0v) is 13.8. The first-order chi connectivity index (χ1) is 10.0. The highest BCUT2D eigenvalue weighted by atomic mass is 32.1. The summed E-state index contributed by atoms with van der Waals surface area (Å²) in [5.74, 6) is 0.186. The van der Waals surface area contributed by atoms with Crippen LogP contribution in [0.2, 0.25) is 0 Å². The van der Waals surface area contributed by atoms with Gasteiger partial charge in [0.25, 0.3) is 0 Å². The monoisotopic (exact) mass is 317 g/mol. The van der Waals surface area contributed by atoms with Crippen molar-refractivity contribution in [2.45, 2.75) is 45.1 Å². The van der Waals surface area contributed by atoms with Crippen molar-refractivity contribution >= 4 is 30.2 Å². The van der Waals surface area contributed by atoms with E-state index in [0.29, 0.717) is 19.5 Å². The lowest BCUT2D eigenvalue weighted by molar-refractivity contribution is -0.129. The summed E-state index contributed by atoms with van der Waals surface area (Å²) in [5, 5.41) is 8.23. The van der Waals surface area contributed by atoms with E-state index in [2.05, 4.69) is 28.6 Å². The Morgan fingerprint density at radius 2 is 1.76 bits per heavy atom. The second-order valence-electron chi connectivity index (χ2n) is 4.92. The molecule has 2 amide bonds. The highest BCUT2D eigenvalue weighted by Crippen LogP contribution is 2.02. The van der Waals surface area contributed by atoms with Crippen LogP contribution in [-0.2, 0) is 14.4 Å². The molecule has 21 heavy (non-hydrogen) atoms. The third-order valence-corrected chi connectivity index (χ3v) is 3.29. The molecule has 3 N–H and O–H groups in total. The molecule has 0 rings (SSSR count). The Balaban J connectivity index is 4.08. The molecule has 1 atom stereocenters. The number of thiol groups is 1. The first-order valence-corrected chi connectivity index (χ1v) is 7.96. The summed E-state index contributed by atoms with van der Waals surface area (Å²) < 4.78 is 0. The minimum atomic E-state index is -0.739. The molecular formula is C14H27N3O3S. The zero-order chi connectivity index (χ0) is 16.1. The van der Waals surface area contributed by atoms with Crippen LogP contribution in [0.1, 0.15) is 39.0 Å². The van der Waals surface area contributed by atoms with Gasteiger partial charge in [-0.2, -0.15) is 12.6 Å². The van der Waals surface area contributed by atoms with Crippen LogP contribution in [0.3, 0.4) is 0 Å². The molecule has 0 aromatic carbocycles. The predicted octanol–water partition coefficient (Wildman–Crippen LogP) is 0.276. The largest absolute Gasteiger partial charge is 0.355 e. The van der Waals surface area contributed by atoms with Gasteiger partial charge in [0.1, 0.15) is 0 Å². The van der Waals surface area contributed by atoms with Crippen LogP contribution in [0, 0.1) is 0 Å². The normalized spacial score (nSPS) is 11.8. The summed E-state index contributed by atoms with van der Waals surface area (Å²) in [5.41, 5.74) is 0. The lowest BCUT2D eigenvalue weighted by Gasteiger charge is -2.15. The molecule has 0 spiro atoms. The van der Waals surface area contributed by atoms with Crippen molar-refractivity contribution in [1.82, 2.24) is 16.0 Å². The minimum absolute atomic E-state index is 0.0125. The summed E-state index contributed by atoms with van der Waals surface area (Å²) in [6.45, 7) is 2.54. The maximum Gasteiger partial charge on any atom is 0.222 e. The molecular weight excluding hydrogens is 290 g/mol. The van der Waals surface area contributed by atoms with Crippen molar-refractivity contribution in [3.63, 3.8) is 0 Å². The van der Waals surface area contributed by atoms with E-state index in [1.807, 2.05) is 0 Å². The second-order valence-corrected chi connectivity index (χ2v) is 5.37. The van der Waals surface area contributed by atoms with E-state index in [1.54, 1.807) is 7.05 Å². The van der Waals surface area contributed by atoms with Gasteiger partial charge in [-0.3, -0.25) is 14.4 Å². The molecule has 0 fully saturated rings. The SMILES string of the molecule is CNCCNC(=O)C[C@H](NC(=O)CCCCCS)C(C)=O. The maximum atomic E-state index is 11.7. The summed E-state index contributed by atoms with van der Waals surface area (Å²) in [6.07, 6.45) is 3.04. The van der Waals surface area contributed by atoms with E-state index < -0.39 is 6.04 Å². The Morgan fingerprint density at radius 3 is 2.33 bits per heavy atom. The second kappa shape index (κ2) is 12.6. The van der Waals surface area contributed by atoms with E-state index in [1.165, 1.54) is 6.92 Å². The molecule has 122 valence electrons. The van der Waals surface area contributed by atoms with Gasteiger partial charge in [0.2, 0.25) is 11.8 Å². The number of ketones is 1. The fourth-order valence-electron chi connectivity index (χ4n) is 1.72. The molecule has 0 heterocycles. The van der Waals surface area contributed by atoms with Gasteiger partial charge in [-0.1, -0.05) is 6.42 Å². The van der Waals surface area contributed by atoms with Crippen LogP contribution in [0.25, 0.3) is 0 Å². The molecule has 0 aromatic rings. The molecule has 0 saturated heterocycles. The van der Waals surface area contributed by atoms with Gasteiger partial charge in [0, 0.05) is 19.5 Å². The summed E-state index contributed by atoms with van der Waals surface area (Å²) >= 11 is 4.11. The highest BCUT2D eigenvalue weighted by Gasteiger charge is 2.20. The van der Waals surface area contributed by atoms with Gasteiger partial charge < -0.3 is 16.0 Å². The van der Waals surface area contributed by atoms with Gasteiger partial charge in [-0.15, -0.1) is 0 Å². The van der Waals surface area contributed by atoms with E-state index in [0.717, 1.165) is 25.0 Å². The van der Waals surface area contributed by atoms with Crippen molar-refractivity contribution in [3.8, 4) is 0 Å². The summed E-state index contributed by atoms with van der Waals surface area (Å²) in [6, 6.07) is -0.739. The summed E-state index contributed by atoms with van der Waals surface area (Å²) in [4.78, 5) is 34.9. The Hall–Kier alpha value is -1.08. The van der Waals surface area contributed by atoms with Gasteiger partial charge in [0.15, 0.2) is 5.78 Å². The molecule has 7 heteroatoms. The number of rotatable bonds is 12. The summed E-state index contributed by atoms with van der Waals surface area (Å²) in [7, 11) is 1.79. The average Bonchev–Trinajstić information content (AvgIpc) is 2.43. The number of Topliss-reactive ketones (excluding diaryl/α,β-unsaturated/α-hetero) is 1. The number of hydrogen-bond acceptors (Lipinski definition) is 5. The topological polar surface area (TPSA) is 87.3 Å². The number of carbonyl (C=O) groups is 3. The van der Waals surface area contributed by atoms with Gasteiger partial charge in [-0.05, 0) is 32.6 Å². The first kappa shape index (κ1) is 19.9. The molecule has 6 nitrogen and oxygen atoms in total. The number of carbonyl (C=O) groups excluding carboxylic acids is 3. The highest BCUT2D eigenvalue weighted by molar-refractivity contribution is 7.80. The molecule has 0 aliphatic heterocycles. The van der Waals surface area contributed by atoms with Crippen LogP contribution in [0.15, 0.2) is 0 Å². The van der Waals surface area contributed by atoms with Gasteiger partial charge >= 0.3 is 0 Å². The van der Waals surface area contributed by atoms with Gasteiger partial charge in [0.05, 0.1) is 12.5 Å². The zero-order valence-electron chi connectivity index (χ0n) is 12.9. The van der Waals surface area contributed by atoms with Gasteiger partial charge in [-0.25, -0.2) is 0 Å². The third kappa shape index (κ3) is 11.3. The lowest BCUT2D eigenvalue weighted by atomic mass is 10.1. The van der Waals surface area contributed by atoms with E-state index >= 15 is 0 Å². The van der Waals surface area contributed by atoms with Crippen LogP contribution >= 0.6 is 12.6 Å². The third-order valence-electron chi connectivity index (χ3n) is 2.97. The Morgan fingerprint density at radius 1 is 1.05 bits per heavy atom. The van der Waals surface area contributed by atoms with Crippen molar-refractivity contribution in [1.29, 1.82) is 0 Å². The quantitative estimate of drug-likeness (QED) is 0.307. The predicted molar refractivity (Wildman–Crippen MR) is 86.5 cm³/mol. The number of likely N-dealkylation sites (N-methyl/N-ethyl adjacent to an activating group) is 1. The van der Waals surface area contributed by atoms with Crippen LogP contribution in [-0.4, -0.2) is 49.5 Å². The van der Waals surface area contributed by atoms with E-state index in [9.17, 15) is 14.4 Å². The number of hydrogen-bond donors (Lipinski definition) is 4. The molecule has 0 unspecified atom stereocenters. The van der Waals surface area contributed by atoms with Crippen molar-refractivity contribution in [2.24, 2.45) is 0 Å². The molecule has 0 saturated carbocycles. The standard InChI is InChI=1S/C14H27N3O3S/c1-11(18)12(10-14(20)16-8-7-15-2)17-13(19)6-4-3-5-9-21/h12,15,21H,3-10H2,1-2H3,(H,16,20)(H,17,19)/t12-/m0/s1. The smallest absolute Gasteiger partial charge is 0.222 e. The Bertz CT molecular complexity index is 337. The first-order valence-electron chi connectivity index (χ1n) is 7.33. The van der Waals surface area contributed by atoms with Crippen LogP contribution in [0.5, 0.6) is 0 Å². The number of unbranched alkanes of at least 4 members (excludes halogenated alkanes) is 2. The van der Waals surface area contributed by atoms with Crippen molar-refractivity contribution in [3.05, 3.63) is 0 Å². The maximum absolute atomic E-state index is 11.7. The number of nitrogens with one attached hydrogen (secondary N) is 3. The number of amides is 2. The van der Waals surface area contributed by atoms with Crippen LogP contribution < -0.4 is 16.0 Å². The average molecular weight is 317 g/mol.